The molecular weight excluding hydrogens is 454 g/mol. The number of nitrogens with zero attached hydrogens (tertiary/aromatic N) is 5. The molecule has 0 bridgehead atoms. The fourth-order valence-electron chi connectivity index (χ4n) is 2.95. The summed E-state index contributed by atoms with van der Waals surface area (Å²) < 4.78 is 2.78. The molecule has 12 heteroatoms. The molecule has 10 nitrogen and oxygen atoms in total. The van der Waals surface area contributed by atoms with Crippen molar-refractivity contribution in [2.24, 2.45) is 7.05 Å². The van der Waals surface area contributed by atoms with Gasteiger partial charge in [0.1, 0.15) is 6.33 Å². The first-order valence-corrected chi connectivity index (χ1v) is 10.6. The highest BCUT2D eigenvalue weighted by Gasteiger charge is 2.17. The number of rotatable bonds is 5. The zero-order valence-corrected chi connectivity index (χ0v) is 18.2. The van der Waals surface area contributed by atoms with Gasteiger partial charge >= 0.3 is 0 Å². The van der Waals surface area contributed by atoms with Crippen LogP contribution in [0.4, 0.5) is 0 Å². The van der Waals surface area contributed by atoms with Crippen molar-refractivity contribution in [2.45, 2.75) is 5.16 Å². The van der Waals surface area contributed by atoms with E-state index in [2.05, 4.69) is 26.1 Å². The van der Waals surface area contributed by atoms with Crippen molar-refractivity contribution in [3.05, 3.63) is 75.9 Å². The number of amides is 2. The molecule has 0 spiro atoms. The van der Waals surface area contributed by atoms with Crippen LogP contribution in [0.15, 0.2) is 64.8 Å². The summed E-state index contributed by atoms with van der Waals surface area (Å²) in [6.45, 7) is 0. The maximum atomic E-state index is 12.6. The molecule has 0 aliphatic heterocycles. The summed E-state index contributed by atoms with van der Waals surface area (Å²) in [5.41, 5.74) is 5.14. The number of hydrogen-bond donors (Lipinski definition) is 2. The number of carbonyl (C=O) groups excluding carboxylic acids is 2. The monoisotopic (exact) mass is 469 g/mol. The highest BCUT2D eigenvalue weighted by molar-refractivity contribution is 7.99. The minimum atomic E-state index is -0.641. The fraction of sp³-hybridized carbons (Fsp3) is 0.100. The predicted molar refractivity (Wildman–Crippen MR) is 120 cm³/mol. The lowest BCUT2D eigenvalue weighted by molar-refractivity contribution is -0.119. The van der Waals surface area contributed by atoms with Gasteiger partial charge in [0.25, 0.3) is 11.5 Å². The molecule has 2 N–H and O–H groups in total. The lowest BCUT2D eigenvalue weighted by Gasteiger charge is -2.10. The van der Waals surface area contributed by atoms with Gasteiger partial charge in [0.15, 0.2) is 10.9 Å². The molecule has 0 aliphatic rings. The third-order valence-electron chi connectivity index (χ3n) is 4.42. The second kappa shape index (κ2) is 9.20. The van der Waals surface area contributed by atoms with Crippen molar-refractivity contribution in [1.29, 1.82) is 0 Å². The number of fused-ring (bicyclic) bond motifs is 1. The smallest absolute Gasteiger partial charge is 0.277 e. The molecule has 0 saturated carbocycles. The Morgan fingerprint density at radius 1 is 1.09 bits per heavy atom. The molecule has 0 radical (unpaired) electrons. The van der Waals surface area contributed by atoms with E-state index >= 15 is 0 Å². The number of halogens is 1. The highest BCUT2D eigenvalue weighted by atomic mass is 35.5. The third-order valence-corrected chi connectivity index (χ3v) is 5.60. The van der Waals surface area contributed by atoms with Crippen LogP contribution in [0.3, 0.4) is 0 Å². The van der Waals surface area contributed by atoms with E-state index in [1.165, 1.54) is 13.4 Å². The van der Waals surface area contributed by atoms with Gasteiger partial charge < -0.3 is 0 Å². The summed E-state index contributed by atoms with van der Waals surface area (Å²) in [4.78, 5) is 37.0. The van der Waals surface area contributed by atoms with E-state index in [1.807, 2.05) is 6.07 Å². The number of hydrogen-bond acceptors (Lipinski definition) is 7. The molecule has 2 aromatic heterocycles. The first kappa shape index (κ1) is 21.5. The van der Waals surface area contributed by atoms with Crippen LogP contribution in [0.5, 0.6) is 0 Å². The Kier molecular flexibility index (Phi) is 6.19. The quantitative estimate of drug-likeness (QED) is 0.337. The van der Waals surface area contributed by atoms with Crippen molar-refractivity contribution in [1.82, 2.24) is 35.4 Å². The standard InChI is InChI=1S/C20H16ClN7O3S/c1-27-19(31)15-8-3-2-7-14(15)17(26-27)18(30)24-23-16(29)10-32-20-25-22-11-28(20)13-6-4-5-12(21)9-13/h2-9,11H,10H2,1H3,(H,23,29)(H,24,30). The SMILES string of the molecule is Cn1nc(C(=O)NNC(=O)CSc2nncn2-c2cccc(Cl)c2)c2ccccc2c1=O. The van der Waals surface area contributed by atoms with Crippen LogP contribution < -0.4 is 16.4 Å². The number of nitrogens with one attached hydrogen (secondary N) is 2. The van der Waals surface area contributed by atoms with E-state index in [4.69, 9.17) is 11.6 Å². The van der Waals surface area contributed by atoms with Crippen molar-refractivity contribution in [2.75, 3.05) is 5.75 Å². The number of hydrazine groups is 1. The van der Waals surface area contributed by atoms with Gasteiger partial charge in [-0.3, -0.25) is 29.8 Å². The third kappa shape index (κ3) is 4.48. The molecule has 2 heterocycles. The van der Waals surface area contributed by atoms with Gasteiger partial charge in [-0.15, -0.1) is 10.2 Å². The van der Waals surface area contributed by atoms with Crippen LogP contribution in [-0.4, -0.2) is 42.1 Å². The summed E-state index contributed by atoms with van der Waals surface area (Å²) in [7, 11) is 1.46. The zero-order chi connectivity index (χ0) is 22.7. The fourth-order valence-corrected chi connectivity index (χ4v) is 3.86. The van der Waals surface area contributed by atoms with Crippen molar-refractivity contribution in [3.63, 3.8) is 0 Å². The number of benzene rings is 2. The summed E-state index contributed by atoms with van der Waals surface area (Å²) in [5.74, 6) is -1.13. The molecule has 162 valence electrons. The molecule has 0 atom stereocenters. The molecule has 4 rings (SSSR count). The van der Waals surface area contributed by atoms with Gasteiger partial charge in [0.05, 0.1) is 16.8 Å². The molecule has 0 unspecified atom stereocenters. The minimum absolute atomic E-state index is 0.0244. The Morgan fingerprint density at radius 2 is 1.88 bits per heavy atom. The number of aryl methyl sites for hydroxylation is 1. The van der Waals surface area contributed by atoms with Crippen LogP contribution in [0.25, 0.3) is 16.5 Å². The number of thioether (sulfide) groups is 1. The Bertz CT molecular complexity index is 1390. The van der Waals surface area contributed by atoms with Gasteiger partial charge in [-0.05, 0) is 24.3 Å². The normalized spacial score (nSPS) is 10.8. The second-order valence-electron chi connectivity index (χ2n) is 6.58. The average molecular weight is 470 g/mol. The van der Waals surface area contributed by atoms with Gasteiger partial charge in [0.2, 0.25) is 5.91 Å². The summed E-state index contributed by atoms with van der Waals surface area (Å²) in [6.07, 6.45) is 1.52. The van der Waals surface area contributed by atoms with Crippen LogP contribution in [0.2, 0.25) is 5.02 Å². The average Bonchev–Trinajstić information content (AvgIpc) is 3.27. The van der Waals surface area contributed by atoms with Gasteiger partial charge in [0, 0.05) is 17.5 Å². The van der Waals surface area contributed by atoms with E-state index in [-0.39, 0.29) is 17.0 Å². The van der Waals surface area contributed by atoms with Gasteiger partial charge in [-0.2, -0.15) is 5.10 Å². The molecule has 0 aliphatic carbocycles. The van der Waals surface area contributed by atoms with Crippen LogP contribution in [-0.2, 0) is 11.8 Å². The Hall–Kier alpha value is -3.70. The molecular formula is C20H16ClN7O3S. The molecule has 4 aromatic rings. The van der Waals surface area contributed by atoms with Crippen molar-refractivity contribution >= 4 is 45.9 Å². The van der Waals surface area contributed by atoms with Crippen LogP contribution >= 0.6 is 23.4 Å². The Labute approximate surface area is 190 Å². The summed E-state index contributed by atoms with van der Waals surface area (Å²) >= 11 is 7.17. The van der Waals surface area contributed by atoms with Crippen LogP contribution in [0, 0.1) is 0 Å². The topological polar surface area (TPSA) is 124 Å². The Morgan fingerprint density at radius 3 is 2.66 bits per heavy atom. The van der Waals surface area contributed by atoms with E-state index < -0.39 is 11.8 Å². The number of carbonyl (C=O) groups is 2. The molecule has 32 heavy (non-hydrogen) atoms. The maximum Gasteiger partial charge on any atom is 0.290 e. The zero-order valence-electron chi connectivity index (χ0n) is 16.7. The van der Waals surface area contributed by atoms with Crippen LogP contribution in [0.1, 0.15) is 10.5 Å². The van der Waals surface area contributed by atoms with E-state index in [0.717, 1.165) is 22.1 Å². The Balaban J connectivity index is 1.40. The predicted octanol–water partition coefficient (Wildman–Crippen LogP) is 1.72. The van der Waals surface area contributed by atoms with E-state index in [1.54, 1.807) is 47.0 Å². The van der Waals surface area contributed by atoms with Crippen molar-refractivity contribution < 1.29 is 9.59 Å². The van der Waals surface area contributed by atoms with Gasteiger partial charge in [-0.1, -0.05) is 47.6 Å². The molecule has 0 saturated heterocycles. The largest absolute Gasteiger partial charge is 0.290 e. The lowest BCUT2D eigenvalue weighted by atomic mass is 10.1. The lowest BCUT2D eigenvalue weighted by Crippen LogP contribution is -2.43. The first-order chi connectivity index (χ1) is 15.4. The second-order valence-corrected chi connectivity index (χ2v) is 7.96. The highest BCUT2D eigenvalue weighted by Crippen LogP contribution is 2.21. The molecule has 2 aromatic carbocycles. The maximum absolute atomic E-state index is 12.6. The molecule has 0 fully saturated rings. The van der Waals surface area contributed by atoms with Crippen molar-refractivity contribution in [3.8, 4) is 5.69 Å². The van der Waals surface area contributed by atoms with E-state index in [9.17, 15) is 14.4 Å². The first-order valence-electron chi connectivity index (χ1n) is 9.28. The number of aromatic nitrogens is 5. The van der Waals surface area contributed by atoms with E-state index in [0.29, 0.717) is 21.0 Å². The minimum Gasteiger partial charge on any atom is -0.277 e. The summed E-state index contributed by atoms with van der Waals surface area (Å²) in [5, 5.41) is 13.7. The summed E-state index contributed by atoms with van der Waals surface area (Å²) in [6, 6.07) is 13.8. The van der Waals surface area contributed by atoms with Gasteiger partial charge in [-0.25, -0.2) is 4.68 Å². The molecule has 2 amide bonds.